The molecule has 0 unspecified atom stereocenters. The van der Waals surface area contributed by atoms with Crippen LogP contribution in [0.4, 0.5) is 5.69 Å². The average molecular weight is 442 g/mol. The number of fused-ring (bicyclic) bond motifs is 1. The molecule has 1 fully saturated rings. The summed E-state index contributed by atoms with van der Waals surface area (Å²) in [4.78, 5) is 24.3. The zero-order valence-corrected chi connectivity index (χ0v) is 18.1. The van der Waals surface area contributed by atoms with E-state index in [0.717, 1.165) is 44.1 Å². The van der Waals surface area contributed by atoms with E-state index in [1.165, 1.54) is 5.56 Å². The van der Waals surface area contributed by atoms with Gasteiger partial charge in [0.15, 0.2) is 0 Å². The van der Waals surface area contributed by atoms with Crippen LogP contribution >= 0.6 is 0 Å². The smallest absolute Gasteiger partial charge is 0.251 e. The molecular formula is C23H27N3O4S. The summed E-state index contributed by atoms with van der Waals surface area (Å²) in [5, 5.41) is 5.53. The Hall–Kier alpha value is -2.71. The molecule has 1 saturated carbocycles. The van der Waals surface area contributed by atoms with Crippen LogP contribution in [-0.4, -0.2) is 33.3 Å². The van der Waals surface area contributed by atoms with Crippen LogP contribution in [0.25, 0.3) is 0 Å². The Bertz CT molecular complexity index is 1080. The van der Waals surface area contributed by atoms with Gasteiger partial charge in [-0.3, -0.25) is 9.59 Å². The number of sulfonamides is 1. The molecule has 3 N–H and O–H groups in total. The lowest BCUT2D eigenvalue weighted by molar-refractivity contribution is -0.117. The molecule has 31 heavy (non-hydrogen) atoms. The van der Waals surface area contributed by atoms with Crippen LogP contribution in [0.5, 0.6) is 0 Å². The van der Waals surface area contributed by atoms with Crippen molar-refractivity contribution < 1.29 is 18.0 Å². The number of carbonyl (C=O) groups excluding carboxylic acids is 2. The fraction of sp³-hybridized carbons (Fsp3) is 0.391. The third-order valence-corrected chi connectivity index (χ3v) is 7.15. The Morgan fingerprint density at radius 1 is 0.903 bits per heavy atom. The lowest BCUT2D eigenvalue weighted by atomic mass is 9.92. The van der Waals surface area contributed by atoms with Gasteiger partial charge in [0.05, 0.1) is 4.90 Å². The molecule has 7 nitrogen and oxygen atoms in total. The molecular weight excluding hydrogens is 414 g/mol. The van der Waals surface area contributed by atoms with Crippen LogP contribution in [0.1, 0.15) is 47.2 Å². The van der Waals surface area contributed by atoms with E-state index < -0.39 is 10.0 Å². The molecule has 0 atom stereocenters. The van der Waals surface area contributed by atoms with Crippen molar-refractivity contribution in [1.82, 2.24) is 10.0 Å². The highest BCUT2D eigenvalue weighted by atomic mass is 32.2. The SMILES string of the molecule is O=C(NCCNS(=O)(=O)c1ccc2c(c1)CCCC2)c1ccc(NC(=O)C2CC2)cc1. The number of anilines is 1. The van der Waals surface area contributed by atoms with Crippen molar-refractivity contribution in [3.05, 3.63) is 59.2 Å². The van der Waals surface area contributed by atoms with Crippen molar-refractivity contribution in [3.8, 4) is 0 Å². The van der Waals surface area contributed by atoms with Crippen LogP contribution in [0.2, 0.25) is 0 Å². The van der Waals surface area contributed by atoms with Gasteiger partial charge in [-0.05, 0) is 86.1 Å². The number of benzene rings is 2. The minimum atomic E-state index is -3.62. The van der Waals surface area contributed by atoms with Gasteiger partial charge in [-0.2, -0.15) is 0 Å². The topological polar surface area (TPSA) is 104 Å². The van der Waals surface area contributed by atoms with Crippen LogP contribution < -0.4 is 15.4 Å². The Morgan fingerprint density at radius 3 is 2.32 bits per heavy atom. The van der Waals surface area contributed by atoms with Gasteiger partial charge in [-0.1, -0.05) is 6.07 Å². The van der Waals surface area contributed by atoms with E-state index in [1.807, 2.05) is 6.07 Å². The molecule has 0 saturated heterocycles. The molecule has 0 heterocycles. The second kappa shape index (κ2) is 9.20. The normalized spacial score (nSPS) is 15.7. The second-order valence-corrected chi connectivity index (χ2v) is 9.90. The summed E-state index contributed by atoms with van der Waals surface area (Å²) < 4.78 is 27.7. The molecule has 4 rings (SSSR count). The van der Waals surface area contributed by atoms with Gasteiger partial charge in [-0.15, -0.1) is 0 Å². The fourth-order valence-electron chi connectivity index (χ4n) is 3.72. The summed E-state index contributed by atoms with van der Waals surface area (Å²) in [6, 6.07) is 12.0. The maximum absolute atomic E-state index is 12.6. The number of hydrogen-bond acceptors (Lipinski definition) is 4. The predicted octanol–water partition coefficient (Wildman–Crippen LogP) is 2.62. The fourth-order valence-corrected chi connectivity index (χ4v) is 4.80. The molecule has 0 aliphatic heterocycles. The van der Waals surface area contributed by atoms with Gasteiger partial charge < -0.3 is 10.6 Å². The third kappa shape index (κ3) is 5.51. The highest BCUT2D eigenvalue weighted by molar-refractivity contribution is 7.89. The maximum atomic E-state index is 12.6. The summed E-state index contributed by atoms with van der Waals surface area (Å²) in [6.45, 7) is 0.268. The summed E-state index contributed by atoms with van der Waals surface area (Å²) in [6.07, 6.45) is 6.02. The number of amides is 2. The molecule has 0 bridgehead atoms. The van der Waals surface area contributed by atoms with Crippen LogP contribution in [-0.2, 0) is 27.7 Å². The van der Waals surface area contributed by atoms with Gasteiger partial charge in [0.1, 0.15) is 0 Å². The highest BCUT2D eigenvalue weighted by Gasteiger charge is 2.29. The van der Waals surface area contributed by atoms with Gasteiger partial charge in [0.2, 0.25) is 15.9 Å². The van der Waals surface area contributed by atoms with Crippen molar-refractivity contribution in [1.29, 1.82) is 0 Å². The Balaban J connectivity index is 1.25. The number of nitrogens with one attached hydrogen (secondary N) is 3. The summed E-state index contributed by atoms with van der Waals surface area (Å²) in [5.41, 5.74) is 3.45. The molecule has 0 radical (unpaired) electrons. The van der Waals surface area contributed by atoms with Crippen LogP contribution in [0.3, 0.4) is 0 Å². The largest absolute Gasteiger partial charge is 0.351 e. The Labute approximate surface area is 182 Å². The first-order valence-electron chi connectivity index (χ1n) is 10.7. The molecule has 164 valence electrons. The van der Waals surface area contributed by atoms with Crippen molar-refractivity contribution >= 4 is 27.5 Å². The van der Waals surface area contributed by atoms with Crippen LogP contribution in [0.15, 0.2) is 47.4 Å². The number of rotatable bonds is 8. The van der Waals surface area contributed by atoms with Crippen molar-refractivity contribution in [2.24, 2.45) is 5.92 Å². The molecule has 2 aromatic rings. The van der Waals surface area contributed by atoms with E-state index >= 15 is 0 Å². The number of aryl methyl sites for hydroxylation is 2. The first kappa shape index (κ1) is 21.5. The number of carbonyl (C=O) groups is 2. The van der Waals surface area contributed by atoms with Crippen LogP contribution in [0, 0.1) is 5.92 Å². The van der Waals surface area contributed by atoms with Gasteiger partial charge in [0, 0.05) is 30.3 Å². The third-order valence-electron chi connectivity index (χ3n) is 5.70. The zero-order chi connectivity index (χ0) is 21.8. The Morgan fingerprint density at radius 2 is 1.61 bits per heavy atom. The standard InChI is InChI=1S/C23H27N3O4S/c27-22(17-7-10-20(11-8-17)26-23(28)18-5-6-18)24-13-14-25-31(29,30)21-12-9-16-3-1-2-4-19(16)15-21/h7-12,15,18,25H,1-6,13-14H2,(H,24,27)(H,26,28). The molecule has 2 amide bonds. The lowest BCUT2D eigenvalue weighted by Crippen LogP contribution is -2.34. The van der Waals surface area contributed by atoms with E-state index in [4.69, 9.17) is 0 Å². The predicted molar refractivity (Wildman–Crippen MR) is 118 cm³/mol. The molecule has 2 aromatic carbocycles. The molecule has 0 aromatic heterocycles. The first-order chi connectivity index (χ1) is 14.9. The van der Waals surface area contributed by atoms with E-state index in [1.54, 1.807) is 36.4 Å². The minimum absolute atomic E-state index is 0.0170. The molecule has 2 aliphatic rings. The maximum Gasteiger partial charge on any atom is 0.251 e. The molecule has 2 aliphatic carbocycles. The van der Waals surface area contributed by atoms with E-state index in [9.17, 15) is 18.0 Å². The first-order valence-corrected chi connectivity index (χ1v) is 12.2. The number of hydrogen-bond donors (Lipinski definition) is 3. The molecule has 8 heteroatoms. The van der Waals surface area contributed by atoms with E-state index in [0.29, 0.717) is 11.3 Å². The monoisotopic (exact) mass is 441 g/mol. The summed E-state index contributed by atoms with van der Waals surface area (Å²) in [5.74, 6) is -0.162. The quantitative estimate of drug-likeness (QED) is 0.548. The van der Waals surface area contributed by atoms with Gasteiger partial charge in [0.25, 0.3) is 5.91 Å². The average Bonchev–Trinajstić information content (AvgIpc) is 3.62. The zero-order valence-electron chi connectivity index (χ0n) is 17.3. The lowest BCUT2D eigenvalue weighted by Gasteiger charge is -2.16. The minimum Gasteiger partial charge on any atom is -0.351 e. The van der Waals surface area contributed by atoms with Gasteiger partial charge in [-0.25, -0.2) is 13.1 Å². The van der Waals surface area contributed by atoms with Gasteiger partial charge >= 0.3 is 0 Å². The molecule has 0 spiro atoms. The second-order valence-electron chi connectivity index (χ2n) is 8.13. The Kier molecular flexibility index (Phi) is 6.38. The van der Waals surface area contributed by atoms with Crippen molar-refractivity contribution in [3.63, 3.8) is 0 Å². The van der Waals surface area contributed by atoms with E-state index in [-0.39, 0.29) is 35.7 Å². The highest BCUT2D eigenvalue weighted by Crippen LogP contribution is 2.30. The van der Waals surface area contributed by atoms with Crippen molar-refractivity contribution in [2.75, 3.05) is 18.4 Å². The van der Waals surface area contributed by atoms with Crippen molar-refractivity contribution in [2.45, 2.75) is 43.4 Å². The summed E-state index contributed by atoms with van der Waals surface area (Å²) >= 11 is 0. The summed E-state index contributed by atoms with van der Waals surface area (Å²) in [7, 11) is -3.62. The van der Waals surface area contributed by atoms with E-state index in [2.05, 4.69) is 15.4 Å².